The number of unbranched alkanes of at least 4 members (excludes halogenated alkanes) is 9. The molecule has 3 heterocycles. The van der Waals surface area contributed by atoms with Crippen molar-refractivity contribution in [2.75, 3.05) is 112 Å². The van der Waals surface area contributed by atoms with Crippen molar-refractivity contribution in [1.29, 1.82) is 0 Å². The van der Waals surface area contributed by atoms with Gasteiger partial charge in [0.1, 0.15) is 31.1 Å². The molecule has 0 spiro atoms. The Morgan fingerprint density at radius 2 is 0.583 bits per heavy atom. The zero-order chi connectivity index (χ0) is 88.8. The molecule has 120 heavy (non-hydrogen) atoms. The van der Waals surface area contributed by atoms with Gasteiger partial charge in [0.2, 0.25) is 53.2 Å². The average Bonchev–Trinajstić information content (AvgIpc) is 0.819. The summed E-state index contributed by atoms with van der Waals surface area (Å²) in [4.78, 5) is 174. The summed E-state index contributed by atoms with van der Waals surface area (Å²) >= 11 is 0. The van der Waals surface area contributed by atoms with Gasteiger partial charge in [-0.1, -0.05) is 67.2 Å². The van der Waals surface area contributed by atoms with E-state index in [4.69, 9.17) is 61.9 Å². The first-order chi connectivity index (χ1) is 57.2. The minimum Gasteiger partial charge on any atom is -0.481 e. The summed E-state index contributed by atoms with van der Waals surface area (Å²) in [6.45, 7) is 21.4. The van der Waals surface area contributed by atoms with Crippen LogP contribution < -0.4 is 47.9 Å². The Morgan fingerprint density at radius 1 is 0.308 bits per heavy atom. The number of nitrogens with one attached hydrogen (secondary N) is 9. The molecule has 3 aliphatic rings. The molecule has 36 heteroatoms. The summed E-state index contributed by atoms with van der Waals surface area (Å²) in [6.07, 6.45) is 6.61. The minimum atomic E-state index is -1.40. The maximum absolute atomic E-state index is 13.9. The van der Waals surface area contributed by atoms with Gasteiger partial charge in [0.05, 0.1) is 76.1 Å². The normalized spacial score (nSPS) is 23.1. The molecule has 0 aliphatic carbocycles. The summed E-state index contributed by atoms with van der Waals surface area (Å²) in [5, 5.41) is 35.1. The van der Waals surface area contributed by atoms with Gasteiger partial charge in [-0.2, -0.15) is 0 Å². The second kappa shape index (κ2) is 61.7. The number of esters is 3. The van der Waals surface area contributed by atoms with Gasteiger partial charge in [-0.3, -0.25) is 67.1 Å². The quantitative estimate of drug-likeness (QED) is 0.0214. The van der Waals surface area contributed by atoms with Gasteiger partial charge in [-0.05, 0) is 113 Å². The van der Waals surface area contributed by atoms with E-state index < -0.39 is 84.7 Å². The fraction of sp³-hybridized carbons (Fsp3) is 0.833. The number of hydrogen-bond donors (Lipinski definition) is 10. The molecule has 0 bridgehead atoms. The van der Waals surface area contributed by atoms with E-state index in [1.165, 1.54) is 41.5 Å². The molecule has 0 aromatic carbocycles. The topological polar surface area (TPSA) is 478 Å². The second-order valence-corrected chi connectivity index (χ2v) is 32.1. The Hall–Kier alpha value is -7.58. The molecule has 10 N–H and O–H groups in total. The van der Waals surface area contributed by atoms with E-state index in [-0.39, 0.29) is 232 Å². The first-order valence-electron chi connectivity index (χ1n) is 43.3. The zero-order valence-corrected chi connectivity index (χ0v) is 73.4. The number of carboxylic acids is 1. The fourth-order valence-corrected chi connectivity index (χ4v) is 14.1. The first-order valence-corrected chi connectivity index (χ1v) is 43.3. The number of aliphatic carboxylic acids is 1. The molecule has 36 nitrogen and oxygen atoms in total. The van der Waals surface area contributed by atoms with Crippen LogP contribution in [0.25, 0.3) is 0 Å². The van der Waals surface area contributed by atoms with E-state index in [0.717, 1.165) is 19.3 Å². The molecule has 15 unspecified atom stereocenters. The number of ether oxygens (including phenoxy) is 12. The third-order valence-electron chi connectivity index (χ3n) is 21.7. The number of Topliss-reactive ketones (excluding diaryl/α,β-unsaturated/α-hetero) is 1. The van der Waals surface area contributed by atoms with Gasteiger partial charge < -0.3 is 110 Å². The highest BCUT2D eigenvalue weighted by molar-refractivity contribution is 5.80. The minimum absolute atomic E-state index is 0.0370. The molecule has 3 fully saturated rings. The molecular formula is C84H145N9O27. The number of ketones is 1. The van der Waals surface area contributed by atoms with E-state index in [0.29, 0.717) is 116 Å². The van der Waals surface area contributed by atoms with Crippen molar-refractivity contribution in [3.05, 3.63) is 0 Å². The molecule has 15 atom stereocenters. The molecule has 3 rings (SSSR count). The smallest absolute Gasteiger partial charge is 0.303 e. The maximum Gasteiger partial charge on any atom is 0.303 e. The number of carbonyl (C=O) groups excluding carboxylic acids is 13. The first kappa shape index (κ1) is 107. The Bertz CT molecular complexity index is 2810. The number of hydrogen-bond acceptors (Lipinski definition) is 26. The van der Waals surface area contributed by atoms with Crippen molar-refractivity contribution < 1.29 is 129 Å². The Kier molecular flexibility index (Phi) is 54.8. The molecule has 0 aromatic heterocycles. The highest BCUT2D eigenvalue weighted by Crippen LogP contribution is 2.35. The van der Waals surface area contributed by atoms with Crippen LogP contribution in [-0.2, 0) is 124 Å². The molecule has 0 radical (unpaired) electrons. The van der Waals surface area contributed by atoms with Crippen LogP contribution in [0.3, 0.4) is 0 Å². The SMILES string of the molecule is CC(=O)NC1C(OCCCCC(=O)CCCCNC(=O)CCOCC(COCCC(=O)NCCCNC(=O)CCCCOC2OC(COC(C)=O)C(C)C(C)C2NC(C)=O)(COCCC(=O)NCCCNC(=O)CCCCOC2OC(COC(C)=O)C(C)C(C)C2NC(C)=O)NC(=O)CCCCCCCCC(=O)O)OC(COC(C)=O)C(C)C1C. The lowest BCUT2D eigenvalue weighted by Crippen LogP contribution is -2.58. The van der Waals surface area contributed by atoms with Gasteiger partial charge >= 0.3 is 23.9 Å². The molecule has 9 amide bonds. The van der Waals surface area contributed by atoms with E-state index in [9.17, 15) is 67.1 Å². The van der Waals surface area contributed by atoms with Crippen LogP contribution in [0.5, 0.6) is 0 Å². The Morgan fingerprint density at radius 3 is 0.900 bits per heavy atom. The zero-order valence-electron chi connectivity index (χ0n) is 73.4. The Labute approximate surface area is 708 Å². The van der Waals surface area contributed by atoms with Crippen LogP contribution in [0, 0.1) is 35.5 Å². The second-order valence-electron chi connectivity index (χ2n) is 32.1. The van der Waals surface area contributed by atoms with Gasteiger partial charge in [0, 0.05) is 152 Å². The lowest BCUT2D eigenvalue weighted by Gasteiger charge is -2.44. The van der Waals surface area contributed by atoms with Crippen molar-refractivity contribution in [3.8, 4) is 0 Å². The van der Waals surface area contributed by atoms with Crippen LogP contribution >= 0.6 is 0 Å². The fourth-order valence-electron chi connectivity index (χ4n) is 14.1. The van der Waals surface area contributed by atoms with Crippen molar-refractivity contribution >= 4 is 82.8 Å². The average molecular weight is 1710 g/mol. The summed E-state index contributed by atoms with van der Waals surface area (Å²) in [6, 6.07) is -1.29. The number of carbonyl (C=O) groups is 14. The monoisotopic (exact) mass is 1710 g/mol. The number of rotatable bonds is 65. The molecule has 0 aromatic rings. The van der Waals surface area contributed by atoms with Crippen LogP contribution in [0.2, 0.25) is 0 Å². The molecular weight excluding hydrogens is 1570 g/mol. The van der Waals surface area contributed by atoms with Crippen LogP contribution in [-0.4, -0.2) is 261 Å². The highest BCUT2D eigenvalue weighted by atomic mass is 16.7. The van der Waals surface area contributed by atoms with Gasteiger partial charge in [-0.25, -0.2) is 0 Å². The van der Waals surface area contributed by atoms with Crippen LogP contribution in [0.15, 0.2) is 0 Å². The van der Waals surface area contributed by atoms with Crippen molar-refractivity contribution in [2.45, 2.75) is 304 Å². The number of amides is 9. The molecule has 688 valence electrons. The predicted octanol–water partition coefficient (Wildman–Crippen LogP) is 5.12. The number of carboxylic acid groups (broad SMARTS) is 1. The summed E-state index contributed by atoms with van der Waals surface area (Å²) in [7, 11) is 0. The lowest BCUT2D eigenvalue weighted by atomic mass is 9.82. The maximum atomic E-state index is 13.9. The van der Waals surface area contributed by atoms with Crippen molar-refractivity contribution in [1.82, 2.24) is 47.9 Å². The summed E-state index contributed by atoms with van der Waals surface area (Å²) in [5.41, 5.74) is -1.40. The van der Waals surface area contributed by atoms with E-state index in [1.807, 2.05) is 41.5 Å². The van der Waals surface area contributed by atoms with Crippen molar-refractivity contribution in [2.24, 2.45) is 35.5 Å². The van der Waals surface area contributed by atoms with Crippen LogP contribution in [0.1, 0.15) is 244 Å². The third kappa shape index (κ3) is 47.2. The highest BCUT2D eigenvalue weighted by Gasteiger charge is 2.46. The van der Waals surface area contributed by atoms with E-state index in [1.54, 1.807) is 0 Å². The van der Waals surface area contributed by atoms with E-state index >= 15 is 0 Å². The Balaban J connectivity index is 1.57. The summed E-state index contributed by atoms with van der Waals surface area (Å²) < 4.78 is 70.7. The van der Waals surface area contributed by atoms with Crippen LogP contribution in [0.4, 0.5) is 0 Å². The summed E-state index contributed by atoms with van der Waals surface area (Å²) in [5.74, 6) is -4.78. The third-order valence-corrected chi connectivity index (χ3v) is 21.7. The van der Waals surface area contributed by atoms with Gasteiger partial charge in [-0.15, -0.1) is 0 Å². The van der Waals surface area contributed by atoms with Gasteiger partial charge in [0.15, 0.2) is 18.9 Å². The molecule has 3 aliphatic heterocycles. The largest absolute Gasteiger partial charge is 0.481 e. The lowest BCUT2D eigenvalue weighted by molar-refractivity contribution is -0.244. The van der Waals surface area contributed by atoms with Gasteiger partial charge in [0.25, 0.3) is 0 Å². The molecule has 3 saturated heterocycles. The van der Waals surface area contributed by atoms with Crippen molar-refractivity contribution in [3.63, 3.8) is 0 Å². The predicted molar refractivity (Wildman–Crippen MR) is 438 cm³/mol. The van der Waals surface area contributed by atoms with E-state index in [2.05, 4.69) is 47.9 Å². The molecule has 0 saturated carbocycles. The standard InChI is InChI=1S/C84H145N9O27/c1-55-58(4)78(90-61(7)94)81(118-68(55)49-115-64(10)97)112-43-24-20-30-67(100)29-19-23-38-85-73(103)35-46-109-52-84(93-76(106)33-17-15-13-14-16-18-34-77(107)108,53-110-47-36-74(104)88-41-27-39-86-71(101)31-21-25-44-113-82-79(91-62(8)95)59(5)56(2)69(119-82)50-116-65(11)98)54-111-48-37-75(105)89-42-28-40-87-72(102)32-22-26-45-114-83-80(92-63(9)96)60(6)57(3)70(120-83)51-117-66(12)99/h55-60,68-70,78-83H,13-54H2,1-12H3,(H,85,103)(H,86,101)(H,87,102)(H,88,104)(H,89,105)(H,90,94)(H,91,95)(H,92,96)(H,93,106)(H,107,108).